The first-order valence-corrected chi connectivity index (χ1v) is 12.8. The first kappa shape index (κ1) is 30.7. The highest BCUT2D eigenvalue weighted by atomic mass is 19.4. The lowest BCUT2D eigenvalue weighted by Crippen LogP contribution is -2.49. The van der Waals surface area contributed by atoms with Crippen LogP contribution in [0.25, 0.3) is 0 Å². The Labute approximate surface area is 229 Å². The second-order valence-electron chi connectivity index (χ2n) is 9.45. The van der Waals surface area contributed by atoms with Gasteiger partial charge < -0.3 is 10.2 Å². The fraction of sp³-hybridized carbons (Fsp3) is 0.333. The average molecular weight is 565 g/mol. The van der Waals surface area contributed by atoms with Gasteiger partial charge in [0.05, 0.1) is 16.7 Å². The van der Waals surface area contributed by atoms with Gasteiger partial charge in [-0.2, -0.15) is 26.3 Å². The van der Waals surface area contributed by atoms with E-state index in [0.29, 0.717) is 29.8 Å². The van der Waals surface area contributed by atoms with Gasteiger partial charge in [0.25, 0.3) is 5.91 Å². The molecule has 0 aromatic heterocycles. The van der Waals surface area contributed by atoms with Crippen LogP contribution in [0.15, 0.2) is 78.9 Å². The van der Waals surface area contributed by atoms with Crippen molar-refractivity contribution >= 4 is 11.8 Å². The molecular formula is C30H30F6N2O2. The topological polar surface area (TPSA) is 49.4 Å². The molecule has 214 valence electrons. The Morgan fingerprint density at radius 2 is 1.23 bits per heavy atom. The third-order valence-corrected chi connectivity index (χ3v) is 6.78. The van der Waals surface area contributed by atoms with Gasteiger partial charge in [-0.05, 0) is 42.2 Å². The van der Waals surface area contributed by atoms with Crippen molar-refractivity contribution in [2.45, 2.75) is 50.5 Å². The summed E-state index contributed by atoms with van der Waals surface area (Å²) in [5.74, 6) is -1.35. The molecule has 0 unspecified atom stereocenters. The van der Waals surface area contributed by atoms with Crippen molar-refractivity contribution in [3.63, 3.8) is 0 Å². The molecule has 0 spiro atoms. The molecule has 0 aliphatic rings. The molecule has 0 heterocycles. The van der Waals surface area contributed by atoms with Crippen molar-refractivity contribution < 1.29 is 35.9 Å². The summed E-state index contributed by atoms with van der Waals surface area (Å²) < 4.78 is 81.4. The Hall–Kier alpha value is -3.82. The van der Waals surface area contributed by atoms with Gasteiger partial charge in [0.2, 0.25) is 5.91 Å². The molecule has 0 fully saturated rings. The first-order valence-electron chi connectivity index (χ1n) is 12.8. The SMILES string of the molecule is CCCCNC(=O)CCC(c1ccccc1)(c1ccccc1)N(C)C(=O)c1cc(C(F)(F)F)cc(C(F)(F)F)c1. The van der Waals surface area contributed by atoms with E-state index in [4.69, 9.17) is 0 Å². The van der Waals surface area contributed by atoms with Crippen LogP contribution in [0.1, 0.15) is 65.2 Å². The summed E-state index contributed by atoms with van der Waals surface area (Å²) in [5.41, 5.74) is -4.25. The van der Waals surface area contributed by atoms with Gasteiger partial charge in [0.1, 0.15) is 0 Å². The number of halogens is 6. The molecule has 40 heavy (non-hydrogen) atoms. The zero-order valence-corrected chi connectivity index (χ0v) is 22.1. The highest BCUT2D eigenvalue weighted by Crippen LogP contribution is 2.42. The number of carbonyl (C=O) groups is 2. The van der Waals surface area contributed by atoms with Crippen LogP contribution < -0.4 is 5.32 Å². The van der Waals surface area contributed by atoms with Crippen LogP contribution >= 0.6 is 0 Å². The van der Waals surface area contributed by atoms with Crippen LogP contribution in [0, 0.1) is 0 Å². The molecular weight excluding hydrogens is 534 g/mol. The minimum Gasteiger partial charge on any atom is -0.356 e. The molecule has 2 amide bonds. The van der Waals surface area contributed by atoms with E-state index in [9.17, 15) is 35.9 Å². The number of hydrogen-bond acceptors (Lipinski definition) is 2. The fourth-order valence-electron chi connectivity index (χ4n) is 4.67. The summed E-state index contributed by atoms with van der Waals surface area (Å²) in [6.07, 6.45) is -8.62. The number of alkyl halides is 6. The lowest BCUT2D eigenvalue weighted by Gasteiger charge is -2.43. The highest BCUT2D eigenvalue weighted by molar-refractivity contribution is 5.95. The maximum atomic E-state index is 13.8. The van der Waals surface area contributed by atoms with E-state index in [-0.39, 0.29) is 24.8 Å². The molecule has 4 nitrogen and oxygen atoms in total. The second kappa shape index (κ2) is 12.6. The van der Waals surface area contributed by atoms with Gasteiger partial charge in [0, 0.05) is 25.6 Å². The number of carbonyl (C=O) groups excluding carboxylic acids is 2. The minimum absolute atomic E-state index is 0.0148. The standard InChI is InChI=1S/C30H30F6N2O2/c1-3-4-17-37-26(39)15-16-28(22-11-7-5-8-12-22,23-13-9-6-10-14-23)38(2)27(40)21-18-24(29(31,32)33)20-25(19-21)30(34,35)36/h5-14,18-20H,3-4,15-17H2,1-2H3,(H,37,39). The van der Waals surface area contributed by atoms with Gasteiger partial charge in [-0.1, -0.05) is 74.0 Å². The maximum Gasteiger partial charge on any atom is 0.416 e. The Morgan fingerprint density at radius 3 is 1.65 bits per heavy atom. The van der Waals surface area contributed by atoms with Crippen molar-refractivity contribution in [1.82, 2.24) is 10.2 Å². The molecule has 0 aliphatic heterocycles. The number of unbranched alkanes of at least 4 members (excludes halogenated alkanes) is 1. The van der Waals surface area contributed by atoms with E-state index in [2.05, 4.69) is 5.32 Å². The van der Waals surface area contributed by atoms with E-state index in [1.54, 1.807) is 60.7 Å². The van der Waals surface area contributed by atoms with E-state index in [1.165, 1.54) is 7.05 Å². The molecule has 0 bridgehead atoms. The molecule has 3 rings (SSSR count). The Kier molecular flexibility index (Phi) is 9.65. The van der Waals surface area contributed by atoms with Crippen LogP contribution in [0.5, 0.6) is 0 Å². The van der Waals surface area contributed by atoms with Crippen molar-refractivity contribution in [2.24, 2.45) is 0 Å². The zero-order valence-electron chi connectivity index (χ0n) is 22.1. The molecule has 1 N–H and O–H groups in total. The number of amides is 2. The predicted molar refractivity (Wildman–Crippen MR) is 139 cm³/mol. The molecule has 0 radical (unpaired) electrons. The third kappa shape index (κ3) is 7.03. The molecule has 0 saturated carbocycles. The molecule has 10 heteroatoms. The quantitative estimate of drug-likeness (QED) is 0.206. The highest BCUT2D eigenvalue weighted by Gasteiger charge is 2.43. The van der Waals surface area contributed by atoms with Crippen LogP contribution in [-0.2, 0) is 22.7 Å². The number of benzene rings is 3. The summed E-state index contributed by atoms with van der Waals surface area (Å²) in [6, 6.07) is 18.0. The zero-order chi connectivity index (χ0) is 29.6. The number of rotatable bonds is 10. The lowest BCUT2D eigenvalue weighted by molar-refractivity contribution is -0.143. The number of nitrogens with zero attached hydrogens (tertiary/aromatic N) is 1. The van der Waals surface area contributed by atoms with E-state index >= 15 is 0 Å². The number of nitrogens with one attached hydrogen (secondary N) is 1. The maximum absolute atomic E-state index is 13.8. The van der Waals surface area contributed by atoms with Crippen LogP contribution in [0.2, 0.25) is 0 Å². The Bertz CT molecular complexity index is 1220. The van der Waals surface area contributed by atoms with Crippen molar-refractivity contribution in [3.05, 3.63) is 107 Å². The van der Waals surface area contributed by atoms with Gasteiger partial charge in [0.15, 0.2) is 0 Å². The van der Waals surface area contributed by atoms with E-state index in [0.717, 1.165) is 17.7 Å². The van der Waals surface area contributed by atoms with Crippen molar-refractivity contribution in [2.75, 3.05) is 13.6 Å². The van der Waals surface area contributed by atoms with Gasteiger partial charge in [-0.15, -0.1) is 0 Å². The molecule has 0 saturated heterocycles. The lowest BCUT2D eigenvalue weighted by atomic mass is 9.77. The molecule has 0 atom stereocenters. The van der Waals surface area contributed by atoms with Crippen LogP contribution in [-0.4, -0.2) is 30.3 Å². The molecule has 3 aromatic carbocycles. The smallest absolute Gasteiger partial charge is 0.356 e. The fourth-order valence-corrected chi connectivity index (χ4v) is 4.67. The van der Waals surface area contributed by atoms with Crippen LogP contribution in [0.4, 0.5) is 26.3 Å². The minimum atomic E-state index is -5.11. The normalized spacial score (nSPS) is 12.2. The first-order chi connectivity index (χ1) is 18.8. The van der Waals surface area contributed by atoms with Gasteiger partial charge in [-0.25, -0.2) is 0 Å². The average Bonchev–Trinajstić information content (AvgIpc) is 2.93. The summed E-state index contributed by atoms with van der Waals surface area (Å²) in [7, 11) is 1.32. The van der Waals surface area contributed by atoms with E-state index < -0.39 is 40.5 Å². The summed E-state index contributed by atoms with van der Waals surface area (Å²) in [6.45, 7) is 2.43. The second-order valence-corrected chi connectivity index (χ2v) is 9.45. The van der Waals surface area contributed by atoms with E-state index in [1.807, 2.05) is 6.92 Å². The van der Waals surface area contributed by atoms with Gasteiger partial charge in [-0.3, -0.25) is 9.59 Å². The third-order valence-electron chi connectivity index (χ3n) is 6.78. The van der Waals surface area contributed by atoms with Crippen LogP contribution in [0.3, 0.4) is 0 Å². The summed E-state index contributed by atoms with van der Waals surface area (Å²) in [5, 5.41) is 2.81. The summed E-state index contributed by atoms with van der Waals surface area (Å²) in [4.78, 5) is 27.7. The van der Waals surface area contributed by atoms with Crippen molar-refractivity contribution in [1.29, 1.82) is 0 Å². The molecule has 3 aromatic rings. The number of hydrogen-bond donors (Lipinski definition) is 1. The summed E-state index contributed by atoms with van der Waals surface area (Å²) >= 11 is 0. The Morgan fingerprint density at radius 1 is 0.750 bits per heavy atom. The van der Waals surface area contributed by atoms with Gasteiger partial charge >= 0.3 is 12.4 Å². The Balaban J connectivity index is 2.18. The predicted octanol–water partition coefficient (Wildman–Crippen LogP) is 7.44. The van der Waals surface area contributed by atoms with Crippen molar-refractivity contribution in [3.8, 4) is 0 Å². The largest absolute Gasteiger partial charge is 0.416 e. The molecule has 0 aliphatic carbocycles. The monoisotopic (exact) mass is 564 g/mol.